The summed E-state index contributed by atoms with van der Waals surface area (Å²) in [6.45, 7) is 9.35. The molecule has 124 valence electrons. The molecule has 0 saturated carbocycles. The Morgan fingerprint density at radius 3 is 2.48 bits per heavy atom. The van der Waals surface area contributed by atoms with Crippen molar-refractivity contribution in [2.75, 3.05) is 7.11 Å². The second-order valence-corrected chi connectivity index (χ2v) is 8.21. The van der Waals surface area contributed by atoms with E-state index in [1.807, 2.05) is 7.11 Å². The van der Waals surface area contributed by atoms with Crippen molar-refractivity contribution < 1.29 is 4.74 Å². The first-order valence-electron chi connectivity index (χ1n) is 8.89. The van der Waals surface area contributed by atoms with Crippen LogP contribution in [-0.4, -0.2) is 12.7 Å². The van der Waals surface area contributed by atoms with E-state index >= 15 is 0 Å². The first-order chi connectivity index (χ1) is 10.9. The molecule has 3 aliphatic rings. The predicted molar refractivity (Wildman–Crippen MR) is 97.4 cm³/mol. The SMILES string of the molecule is COC1(C)CC2(C)C=CC1C(Cc1ccccc1)=C2CC(C)C. The highest BCUT2D eigenvalue weighted by molar-refractivity contribution is 5.44. The van der Waals surface area contributed by atoms with Gasteiger partial charge < -0.3 is 4.74 Å². The van der Waals surface area contributed by atoms with E-state index in [-0.39, 0.29) is 11.0 Å². The van der Waals surface area contributed by atoms with Gasteiger partial charge in [0.25, 0.3) is 0 Å². The van der Waals surface area contributed by atoms with Gasteiger partial charge in [0, 0.05) is 18.4 Å². The molecular formula is C22H30O. The average molecular weight is 310 g/mol. The fraction of sp³-hybridized carbons (Fsp3) is 0.545. The zero-order valence-electron chi connectivity index (χ0n) is 15.2. The maximum atomic E-state index is 6.01. The molecule has 4 rings (SSSR count). The van der Waals surface area contributed by atoms with Crippen LogP contribution >= 0.6 is 0 Å². The van der Waals surface area contributed by atoms with Crippen molar-refractivity contribution in [3.8, 4) is 0 Å². The Balaban J connectivity index is 2.06. The van der Waals surface area contributed by atoms with Crippen LogP contribution in [0.4, 0.5) is 0 Å². The first kappa shape index (κ1) is 16.5. The summed E-state index contributed by atoms with van der Waals surface area (Å²) in [6, 6.07) is 10.9. The summed E-state index contributed by atoms with van der Waals surface area (Å²) in [5.74, 6) is 1.09. The number of hydrogen-bond donors (Lipinski definition) is 0. The minimum atomic E-state index is -0.0753. The van der Waals surface area contributed by atoms with Crippen LogP contribution in [0, 0.1) is 17.3 Å². The minimum absolute atomic E-state index is 0.0753. The summed E-state index contributed by atoms with van der Waals surface area (Å²) < 4.78 is 6.01. The summed E-state index contributed by atoms with van der Waals surface area (Å²) in [4.78, 5) is 0. The Bertz CT molecular complexity index is 625. The van der Waals surface area contributed by atoms with Crippen molar-refractivity contribution in [2.45, 2.75) is 52.6 Å². The van der Waals surface area contributed by atoms with Crippen LogP contribution in [0.1, 0.15) is 46.1 Å². The third-order valence-corrected chi connectivity index (χ3v) is 5.80. The summed E-state index contributed by atoms with van der Waals surface area (Å²) >= 11 is 0. The van der Waals surface area contributed by atoms with E-state index in [0.717, 1.165) is 12.8 Å². The second-order valence-electron chi connectivity index (χ2n) is 8.21. The summed E-state index contributed by atoms with van der Waals surface area (Å²) in [5, 5.41) is 0. The molecular weight excluding hydrogens is 280 g/mol. The topological polar surface area (TPSA) is 9.23 Å². The van der Waals surface area contributed by atoms with Crippen LogP contribution < -0.4 is 0 Å². The fourth-order valence-corrected chi connectivity index (χ4v) is 4.66. The lowest BCUT2D eigenvalue weighted by Gasteiger charge is -2.53. The van der Waals surface area contributed by atoms with Gasteiger partial charge in [0.15, 0.2) is 0 Å². The fourth-order valence-electron chi connectivity index (χ4n) is 4.66. The Kier molecular flexibility index (Phi) is 4.27. The summed E-state index contributed by atoms with van der Waals surface area (Å²) in [5.41, 5.74) is 4.75. The molecule has 1 aromatic carbocycles. The number of ether oxygens (including phenoxy) is 1. The Hall–Kier alpha value is -1.34. The van der Waals surface area contributed by atoms with Gasteiger partial charge in [-0.05, 0) is 37.7 Å². The van der Waals surface area contributed by atoms with Gasteiger partial charge in [-0.2, -0.15) is 0 Å². The maximum Gasteiger partial charge on any atom is 0.0761 e. The average Bonchev–Trinajstić information content (AvgIpc) is 2.51. The van der Waals surface area contributed by atoms with Crippen LogP contribution in [0.5, 0.6) is 0 Å². The minimum Gasteiger partial charge on any atom is -0.378 e. The Labute approximate surface area is 141 Å². The van der Waals surface area contributed by atoms with Crippen molar-refractivity contribution in [3.05, 3.63) is 59.2 Å². The number of benzene rings is 1. The van der Waals surface area contributed by atoms with E-state index in [4.69, 9.17) is 4.74 Å². The van der Waals surface area contributed by atoms with Gasteiger partial charge in [-0.25, -0.2) is 0 Å². The molecule has 1 nitrogen and oxygen atoms in total. The van der Waals surface area contributed by atoms with Gasteiger partial charge in [-0.15, -0.1) is 0 Å². The predicted octanol–water partition coefficient (Wildman–Crippen LogP) is 5.57. The summed E-state index contributed by atoms with van der Waals surface area (Å²) in [7, 11) is 1.88. The molecule has 1 heteroatoms. The molecule has 0 radical (unpaired) electrons. The van der Waals surface area contributed by atoms with E-state index in [1.165, 1.54) is 12.0 Å². The van der Waals surface area contributed by atoms with Gasteiger partial charge >= 0.3 is 0 Å². The molecule has 3 aliphatic carbocycles. The molecule has 0 aromatic heterocycles. The van der Waals surface area contributed by atoms with Crippen LogP contribution in [0.15, 0.2) is 53.6 Å². The normalized spacial score (nSPS) is 32.9. The van der Waals surface area contributed by atoms with E-state index < -0.39 is 0 Å². The van der Waals surface area contributed by atoms with Gasteiger partial charge in [0.1, 0.15) is 0 Å². The van der Waals surface area contributed by atoms with Gasteiger partial charge in [0.05, 0.1) is 5.60 Å². The molecule has 1 aromatic rings. The smallest absolute Gasteiger partial charge is 0.0761 e. The molecule has 3 atom stereocenters. The molecule has 0 saturated heterocycles. The lowest BCUT2D eigenvalue weighted by atomic mass is 9.55. The largest absolute Gasteiger partial charge is 0.378 e. The number of allylic oxidation sites excluding steroid dienone is 2. The molecule has 0 aliphatic heterocycles. The van der Waals surface area contributed by atoms with Crippen LogP contribution in [0.2, 0.25) is 0 Å². The quantitative estimate of drug-likeness (QED) is 0.646. The first-order valence-corrected chi connectivity index (χ1v) is 8.89. The highest BCUT2D eigenvalue weighted by Crippen LogP contribution is 2.56. The lowest BCUT2D eigenvalue weighted by molar-refractivity contribution is -0.0569. The van der Waals surface area contributed by atoms with E-state index in [2.05, 4.69) is 70.2 Å². The van der Waals surface area contributed by atoms with E-state index in [1.54, 1.807) is 11.1 Å². The third kappa shape index (κ3) is 2.92. The van der Waals surface area contributed by atoms with Crippen molar-refractivity contribution in [1.29, 1.82) is 0 Å². The maximum absolute atomic E-state index is 6.01. The van der Waals surface area contributed by atoms with Crippen molar-refractivity contribution in [3.63, 3.8) is 0 Å². The molecule has 23 heavy (non-hydrogen) atoms. The molecule has 0 fully saturated rings. The molecule has 3 unspecified atom stereocenters. The number of rotatable bonds is 5. The molecule has 0 amide bonds. The monoisotopic (exact) mass is 310 g/mol. The van der Waals surface area contributed by atoms with Crippen molar-refractivity contribution in [1.82, 2.24) is 0 Å². The molecule has 0 N–H and O–H groups in total. The second kappa shape index (κ2) is 5.94. The van der Waals surface area contributed by atoms with Crippen LogP contribution in [0.25, 0.3) is 0 Å². The lowest BCUT2D eigenvalue weighted by Crippen LogP contribution is -2.50. The number of hydrogen-bond acceptors (Lipinski definition) is 1. The van der Waals surface area contributed by atoms with Crippen molar-refractivity contribution in [2.24, 2.45) is 17.3 Å². The van der Waals surface area contributed by atoms with Gasteiger partial charge in [-0.1, -0.05) is 74.4 Å². The highest BCUT2D eigenvalue weighted by atomic mass is 16.5. The third-order valence-electron chi connectivity index (χ3n) is 5.80. The summed E-state index contributed by atoms with van der Waals surface area (Å²) in [6.07, 6.45) is 8.20. The number of fused-ring (bicyclic) bond motifs is 1. The van der Waals surface area contributed by atoms with Crippen LogP contribution in [-0.2, 0) is 11.2 Å². The molecule has 2 bridgehead atoms. The van der Waals surface area contributed by atoms with Gasteiger partial charge in [-0.3, -0.25) is 0 Å². The van der Waals surface area contributed by atoms with E-state index in [0.29, 0.717) is 11.8 Å². The van der Waals surface area contributed by atoms with Crippen LogP contribution in [0.3, 0.4) is 0 Å². The highest BCUT2D eigenvalue weighted by Gasteiger charge is 2.51. The number of methoxy groups -OCH3 is 1. The van der Waals surface area contributed by atoms with E-state index in [9.17, 15) is 0 Å². The zero-order valence-corrected chi connectivity index (χ0v) is 15.2. The molecule has 0 heterocycles. The van der Waals surface area contributed by atoms with Crippen molar-refractivity contribution >= 4 is 0 Å². The molecule has 0 spiro atoms. The Morgan fingerprint density at radius 2 is 1.87 bits per heavy atom. The Morgan fingerprint density at radius 1 is 1.17 bits per heavy atom. The zero-order chi connectivity index (χ0) is 16.7. The standard InChI is InChI=1S/C22H30O/c1-16(2)13-20-18(14-17-9-7-6-8-10-17)19-11-12-21(20,3)15-22(19,4)23-5/h6-12,16,19H,13-15H2,1-5H3. The van der Waals surface area contributed by atoms with Gasteiger partial charge in [0.2, 0.25) is 0 Å².